The normalized spacial score (nSPS) is 25.1. The van der Waals surface area contributed by atoms with Crippen LogP contribution in [0.15, 0.2) is 43.0 Å². The van der Waals surface area contributed by atoms with Gasteiger partial charge in [0.05, 0.1) is 6.61 Å². The quantitative estimate of drug-likeness (QED) is 0.360. The molecule has 34 heavy (non-hydrogen) atoms. The number of ether oxygens (including phenoxy) is 2. The number of halogens is 3. The number of benzene rings is 2. The van der Waals surface area contributed by atoms with E-state index < -0.39 is 11.6 Å². The van der Waals surface area contributed by atoms with Gasteiger partial charge in [-0.05, 0) is 85.5 Å². The van der Waals surface area contributed by atoms with Crippen LogP contribution in [0.25, 0.3) is 0 Å². The molecule has 0 amide bonds. The van der Waals surface area contributed by atoms with Crippen molar-refractivity contribution in [2.45, 2.75) is 70.1 Å². The molecule has 0 N–H and O–H groups in total. The minimum absolute atomic E-state index is 0.00583. The van der Waals surface area contributed by atoms with E-state index >= 15 is 0 Å². The summed E-state index contributed by atoms with van der Waals surface area (Å²) >= 11 is 0. The van der Waals surface area contributed by atoms with Gasteiger partial charge in [0.15, 0.2) is 11.6 Å². The maximum absolute atomic E-state index is 14.8. The van der Waals surface area contributed by atoms with Crippen molar-refractivity contribution >= 4 is 0 Å². The zero-order chi connectivity index (χ0) is 24.1. The van der Waals surface area contributed by atoms with Crippen molar-refractivity contribution in [3.05, 3.63) is 71.6 Å². The smallest absolute Gasteiger partial charge is 0.200 e. The fourth-order valence-corrected chi connectivity index (χ4v) is 5.48. The summed E-state index contributed by atoms with van der Waals surface area (Å²) < 4.78 is 55.2. The Bertz CT molecular complexity index is 974. The Kier molecular flexibility index (Phi) is 8.23. The lowest BCUT2D eigenvalue weighted by atomic mass is 9.79. The van der Waals surface area contributed by atoms with E-state index in [1.807, 2.05) is 6.07 Å². The molecule has 0 aromatic heterocycles. The highest BCUT2D eigenvalue weighted by Gasteiger charge is 2.27. The largest absolute Gasteiger partial charge is 0.490 e. The molecule has 4 rings (SSSR count). The molecule has 2 nitrogen and oxygen atoms in total. The SMILES string of the molecule is C=CCOc1ccc(C2CCC(COc3ccc(C4CCC(C)CC4)c(F)c3F)CC2)c(F)c1. The molecule has 2 fully saturated rings. The van der Waals surface area contributed by atoms with Crippen LogP contribution in [-0.4, -0.2) is 13.2 Å². The highest BCUT2D eigenvalue weighted by atomic mass is 19.2. The van der Waals surface area contributed by atoms with Crippen LogP contribution in [0.1, 0.15) is 81.3 Å². The van der Waals surface area contributed by atoms with Crippen molar-refractivity contribution in [1.82, 2.24) is 0 Å². The van der Waals surface area contributed by atoms with E-state index in [0.29, 0.717) is 36.0 Å². The third kappa shape index (κ3) is 5.79. The van der Waals surface area contributed by atoms with Gasteiger partial charge in [-0.3, -0.25) is 0 Å². The molecule has 0 aliphatic heterocycles. The molecule has 0 atom stereocenters. The highest BCUT2D eigenvalue weighted by molar-refractivity contribution is 5.34. The topological polar surface area (TPSA) is 18.5 Å². The maximum atomic E-state index is 14.8. The van der Waals surface area contributed by atoms with E-state index in [1.54, 1.807) is 24.3 Å². The van der Waals surface area contributed by atoms with Gasteiger partial charge in [0.1, 0.15) is 18.2 Å². The monoisotopic (exact) mass is 472 g/mol. The molecule has 0 bridgehead atoms. The van der Waals surface area contributed by atoms with Crippen molar-refractivity contribution in [3.63, 3.8) is 0 Å². The first-order chi connectivity index (χ1) is 16.5. The molecular formula is C29H35F3O2. The van der Waals surface area contributed by atoms with Crippen LogP contribution in [0, 0.1) is 29.3 Å². The van der Waals surface area contributed by atoms with Crippen LogP contribution in [0.4, 0.5) is 13.2 Å². The van der Waals surface area contributed by atoms with Crippen molar-refractivity contribution in [2.24, 2.45) is 11.8 Å². The van der Waals surface area contributed by atoms with Gasteiger partial charge in [-0.1, -0.05) is 44.6 Å². The highest BCUT2D eigenvalue weighted by Crippen LogP contribution is 2.40. The second-order valence-electron chi connectivity index (χ2n) is 10.0. The van der Waals surface area contributed by atoms with E-state index in [2.05, 4.69) is 13.5 Å². The van der Waals surface area contributed by atoms with Gasteiger partial charge >= 0.3 is 0 Å². The Morgan fingerprint density at radius 3 is 2.15 bits per heavy atom. The van der Waals surface area contributed by atoms with Crippen molar-refractivity contribution in [2.75, 3.05) is 13.2 Å². The van der Waals surface area contributed by atoms with Crippen LogP contribution < -0.4 is 9.47 Å². The molecule has 0 heterocycles. The zero-order valence-corrected chi connectivity index (χ0v) is 20.0. The van der Waals surface area contributed by atoms with Crippen molar-refractivity contribution in [3.8, 4) is 11.5 Å². The van der Waals surface area contributed by atoms with Gasteiger partial charge in [-0.2, -0.15) is 4.39 Å². The first-order valence-electron chi connectivity index (χ1n) is 12.6. The summed E-state index contributed by atoms with van der Waals surface area (Å²) in [6.45, 7) is 6.50. The fraction of sp³-hybridized carbons (Fsp3) is 0.517. The van der Waals surface area contributed by atoms with Gasteiger partial charge in [0.2, 0.25) is 5.82 Å². The summed E-state index contributed by atoms with van der Waals surface area (Å²) in [4.78, 5) is 0. The third-order valence-electron chi connectivity index (χ3n) is 7.63. The minimum atomic E-state index is -0.870. The molecule has 5 heteroatoms. The predicted octanol–water partition coefficient (Wildman–Crippen LogP) is 8.32. The summed E-state index contributed by atoms with van der Waals surface area (Å²) in [7, 11) is 0. The summed E-state index contributed by atoms with van der Waals surface area (Å²) in [5, 5.41) is 0. The van der Waals surface area contributed by atoms with Gasteiger partial charge in [0.25, 0.3) is 0 Å². The zero-order valence-electron chi connectivity index (χ0n) is 20.0. The molecule has 184 valence electrons. The van der Waals surface area contributed by atoms with Gasteiger partial charge < -0.3 is 9.47 Å². The minimum Gasteiger partial charge on any atom is -0.490 e. The average Bonchev–Trinajstić information content (AvgIpc) is 2.85. The lowest BCUT2D eigenvalue weighted by Crippen LogP contribution is -2.20. The van der Waals surface area contributed by atoms with Crippen LogP contribution in [0.5, 0.6) is 11.5 Å². The van der Waals surface area contributed by atoms with E-state index in [1.165, 1.54) is 6.07 Å². The predicted molar refractivity (Wildman–Crippen MR) is 129 cm³/mol. The molecule has 2 aliphatic carbocycles. The number of hydrogen-bond acceptors (Lipinski definition) is 2. The fourth-order valence-electron chi connectivity index (χ4n) is 5.48. The van der Waals surface area contributed by atoms with E-state index in [0.717, 1.165) is 51.4 Å². The van der Waals surface area contributed by atoms with Crippen LogP contribution in [0.2, 0.25) is 0 Å². The Labute approximate surface area is 201 Å². The average molecular weight is 473 g/mol. The molecule has 2 aliphatic rings. The van der Waals surface area contributed by atoms with Crippen molar-refractivity contribution in [1.29, 1.82) is 0 Å². The number of rotatable bonds is 8. The Morgan fingerprint density at radius 2 is 1.47 bits per heavy atom. The van der Waals surface area contributed by atoms with E-state index in [-0.39, 0.29) is 29.3 Å². The molecule has 2 aromatic carbocycles. The van der Waals surface area contributed by atoms with Crippen LogP contribution >= 0.6 is 0 Å². The number of hydrogen-bond donors (Lipinski definition) is 0. The Balaban J connectivity index is 1.29. The molecule has 0 spiro atoms. The van der Waals surface area contributed by atoms with Gasteiger partial charge in [0, 0.05) is 6.07 Å². The van der Waals surface area contributed by atoms with Crippen LogP contribution in [-0.2, 0) is 0 Å². The summed E-state index contributed by atoms with van der Waals surface area (Å²) in [6.07, 6.45) is 8.97. The molecule has 2 aromatic rings. The van der Waals surface area contributed by atoms with Crippen molar-refractivity contribution < 1.29 is 22.6 Å². The molecular weight excluding hydrogens is 437 g/mol. The molecule has 2 saturated carbocycles. The second kappa shape index (κ2) is 11.3. The lowest BCUT2D eigenvalue weighted by Gasteiger charge is -2.29. The second-order valence-corrected chi connectivity index (χ2v) is 10.0. The molecule has 0 unspecified atom stereocenters. The van der Waals surface area contributed by atoms with Gasteiger partial charge in [-0.25, -0.2) is 8.78 Å². The van der Waals surface area contributed by atoms with Crippen LogP contribution in [0.3, 0.4) is 0 Å². The first kappa shape index (κ1) is 24.7. The third-order valence-corrected chi connectivity index (χ3v) is 7.63. The Hall–Kier alpha value is -2.43. The van der Waals surface area contributed by atoms with Gasteiger partial charge in [-0.15, -0.1) is 0 Å². The maximum Gasteiger partial charge on any atom is 0.200 e. The van der Waals surface area contributed by atoms with E-state index in [9.17, 15) is 13.2 Å². The lowest BCUT2D eigenvalue weighted by molar-refractivity contribution is 0.191. The van der Waals surface area contributed by atoms with E-state index in [4.69, 9.17) is 9.47 Å². The standard InChI is InChI=1S/C29H35F3O2/c1-3-16-33-23-12-13-24(26(30)17-23)21-10-6-20(7-11-21)18-34-27-15-14-25(28(31)29(27)32)22-8-4-19(2)5-9-22/h3,12-15,17,19-22H,1,4-11,16,18H2,2H3. The summed E-state index contributed by atoms with van der Waals surface area (Å²) in [6, 6.07) is 8.33. The Morgan fingerprint density at radius 1 is 0.824 bits per heavy atom. The summed E-state index contributed by atoms with van der Waals surface area (Å²) in [5.41, 5.74) is 1.20. The summed E-state index contributed by atoms with van der Waals surface area (Å²) in [5.74, 6) is -0.219. The first-order valence-corrected chi connectivity index (χ1v) is 12.6. The molecule has 0 radical (unpaired) electrons. The molecule has 0 saturated heterocycles.